The molecule has 2 aliphatic rings. The van der Waals surface area contributed by atoms with Crippen LogP contribution in [0.5, 0.6) is 0 Å². The predicted molar refractivity (Wildman–Crippen MR) is 122 cm³/mol. The van der Waals surface area contributed by atoms with Crippen LogP contribution in [0.3, 0.4) is 0 Å². The topological polar surface area (TPSA) is 81.1 Å². The minimum Gasteiger partial charge on any atom is -0.465 e. The number of carboxylic acid groups (broad SMARTS) is 2. The Morgan fingerprint density at radius 3 is 0.976 bits per heavy atom. The minimum absolute atomic E-state index is 0.199. The van der Waals surface area contributed by atoms with Gasteiger partial charge in [-0.25, -0.2) is 9.59 Å². The molecule has 18 heteroatoms. The summed E-state index contributed by atoms with van der Waals surface area (Å²) in [6.07, 6.45) is -3.76. The van der Waals surface area contributed by atoms with Crippen LogP contribution in [0.4, 0.5) is 62.3 Å². The molecule has 0 aromatic rings. The van der Waals surface area contributed by atoms with Crippen molar-refractivity contribution in [2.24, 2.45) is 0 Å². The summed E-state index contributed by atoms with van der Waals surface area (Å²) in [5.41, 5.74) is -3.68. The number of hydrogen-bond acceptors (Lipinski definition) is 2. The largest absolute Gasteiger partial charge is 0.465 e. The van der Waals surface area contributed by atoms with E-state index in [0.717, 1.165) is 13.8 Å². The van der Waals surface area contributed by atoms with Crippen molar-refractivity contribution in [1.82, 2.24) is 9.80 Å². The number of nitrogens with zero attached hydrogens (tertiary/aromatic N) is 2. The fourth-order valence-corrected chi connectivity index (χ4v) is 5.59. The highest BCUT2D eigenvalue weighted by Crippen LogP contribution is 2.60. The van der Waals surface area contributed by atoms with Crippen LogP contribution >= 0.6 is 0 Å². The summed E-state index contributed by atoms with van der Waals surface area (Å²) in [5, 5.41) is 18.6. The maximum atomic E-state index is 14.7. The second kappa shape index (κ2) is 11.3. The molecule has 0 aromatic heterocycles. The molecule has 0 aliphatic heterocycles. The van der Waals surface area contributed by atoms with Crippen LogP contribution < -0.4 is 0 Å². The summed E-state index contributed by atoms with van der Waals surface area (Å²) < 4.78 is 175. The number of halogens is 12. The lowest BCUT2D eigenvalue weighted by Gasteiger charge is -2.47. The average Bonchev–Trinajstić information content (AvgIpc) is 2.85. The van der Waals surface area contributed by atoms with Gasteiger partial charge in [-0.3, -0.25) is 9.80 Å². The van der Waals surface area contributed by atoms with Crippen LogP contribution in [-0.2, 0) is 0 Å². The highest BCUT2D eigenvalue weighted by atomic mass is 19.4. The molecule has 2 N–H and O–H groups in total. The lowest BCUT2D eigenvalue weighted by Crippen LogP contribution is -2.73. The molecule has 2 aliphatic carbocycles. The van der Waals surface area contributed by atoms with Gasteiger partial charge < -0.3 is 10.2 Å². The van der Waals surface area contributed by atoms with Gasteiger partial charge in [0.15, 0.2) is 0 Å². The van der Waals surface area contributed by atoms with Gasteiger partial charge >= 0.3 is 47.7 Å². The third kappa shape index (κ3) is 5.91. The molecule has 0 saturated heterocycles. The third-order valence-electron chi connectivity index (χ3n) is 8.44. The first-order chi connectivity index (χ1) is 18.7. The second-order valence-corrected chi connectivity index (χ2v) is 11.6. The molecule has 2 rings (SSSR count). The van der Waals surface area contributed by atoms with Gasteiger partial charge in [0.25, 0.3) is 0 Å². The molecule has 2 saturated carbocycles. The Bertz CT molecular complexity index is 918. The maximum Gasteiger partial charge on any atom is 0.407 e. The zero-order chi connectivity index (χ0) is 32.8. The van der Waals surface area contributed by atoms with Crippen molar-refractivity contribution in [2.45, 2.75) is 125 Å². The van der Waals surface area contributed by atoms with Gasteiger partial charge in [-0.2, -0.15) is 52.7 Å². The number of rotatable bonds is 11. The molecule has 0 aromatic carbocycles. The number of alkyl halides is 12. The van der Waals surface area contributed by atoms with Gasteiger partial charge in [-0.15, -0.1) is 0 Å². The molecule has 2 fully saturated rings. The molecular weight excluding hydrogens is 608 g/mol. The van der Waals surface area contributed by atoms with Crippen molar-refractivity contribution in [1.29, 1.82) is 0 Å². The SMILES string of the molecule is CC1(N(CC(F)(F)C(F)(F)C(F)(F)C(F)(F)C(F)(F)C(F)(F)CN(C(=O)O)C2(C)CCCCC2)C(=O)O)CCCCC1. The van der Waals surface area contributed by atoms with Gasteiger partial charge in [0.05, 0.1) is 13.1 Å². The van der Waals surface area contributed by atoms with E-state index < -0.39 is 71.9 Å². The highest BCUT2D eigenvalue weighted by molar-refractivity contribution is 5.67. The van der Waals surface area contributed by atoms with Crippen molar-refractivity contribution < 1.29 is 72.5 Å². The van der Waals surface area contributed by atoms with Gasteiger partial charge in [-0.05, 0) is 39.5 Å². The Morgan fingerprint density at radius 2 is 0.762 bits per heavy atom. The highest BCUT2D eigenvalue weighted by Gasteiger charge is 2.90. The zero-order valence-corrected chi connectivity index (χ0v) is 22.6. The van der Waals surface area contributed by atoms with E-state index in [9.17, 15) is 72.5 Å². The van der Waals surface area contributed by atoms with E-state index in [-0.39, 0.29) is 61.2 Å². The Balaban J connectivity index is 2.47. The molecule has 6 nitrogen and oxygen atoms in total. The van der Waals surface area contributed by atoms with Gasteiger partial charge in [0, 0.05) is 11.1 Å². The minimum atomic E-state index is -7.89. The number of amides is 2. The van der Waals surface area contributed by atoms with Crippen LogP contribution in [-0.4, -0.2) is 91.9 Å². The zero-order valence-electron chi connectivity index (χ0n) is 22.6. The van der Waals surface area contributed by atoms with Crippen molar-refractivity contribution in [2.75, 3.05) is 13.1 Å². The van der Waals surface area contributed by atoms with E-state index in [1.54, 1.807) is 0 Å². The van der Waals surface area contributed by atoms with Gasteiger partial charge in [0.2, 0.25) is 0 Å². The summed E-state index contributed by atoms with van der Waals surface area (Å²) >= 11 is 0. The lowest BCUT2D eigenvalue weighted by molar-refractivity contribution is -0.426. The first kappa shape index (κ1) is 35.9. The van der Waals surface area contributed by atoms with E-state index in [4.69, 9.17) is 0 Å². The van der Waals surface area contributed by atoms with Crippen molar-refractivity contribution in [3.05, 3.63) is 0 Å². The molecule has 42 heavy (non-hydrogen) atoms. The van der Waals surface area contributed by atoms with E-state index in [0.29, 0.717) is 12.8 Å². The normalized spacial score (nSPS) is 20.6. The number of carbonyl (C=O) groups is 2. The van der Waals surface area contributed by atoms with Crippen LogP contribution in [0.15, 0.2) is 0 Å². The van der Waals surface area contributed by atoms with Crippen molar-refractivity contribution >= 4 is 12.2 Å². The second-order valence-electron chi connectivity index (χ2n) is 11.6. The van der Waals surface area contributed by atoms with E-state index in [2.05, 4.69) is 0 Å². The van der Waals surface area contributed by atoms with Gasteiger partial charge in [0.1, 0.15) is 0 Å². The predicted octanol–water partition coefficient (Wildman–Crippen LogP) is 8.20. The van der Waals surface area contributed by atoms with Crippen molar-refractivity contribution in [3.63, 3.8) is 0 Å². The average molecular weight is 641 g/mol. The molecule has 0 bridgehead atoms. The molecular formula is C24H32F12N2O4. The van der Waals surface area contributed by atoms with Gasteiger partial charge in [-0.1, -0.05) is 38.5 Å². The Hall–Kier alpha value is -2.30. The van der Waals surface area contributed by atoms with E-state index in [1.165, 1.54) is 0 Å². The monoisotopic (exact) mass is 640 g/mol. The van der Waals surface area contributed by atoms with Crippen LogP contribution in [0.25, 0.3) is 0 Å². The summed E-state index contributed by atoms with van der Waals surface area (Å²) in [6.45, 7) is -3.66. The number of hydrogen-bond donors (Lipinski definition) is 2. The molecule has 246 valence electrons. The quantitative estimate of drug-likeness (QED) is 0.223. The fourth-order valence-electron chi connectivity index (χ4n) is 5.59. The Morgan fingerprint density at radius 1 is 0.524 bits per heavy atom. The fraction of sp³-hybridized carbons (Fsp3) is 0.917. The molecule has 0 spiro atoms. The maximum absolute atomic E-state index is 14.7. The smallest absolute Gasteiger partial charge is 0.407 e. The van der Waals surface area contributed by atoms with E-state index in [1.807, 2.05) is 0 Å². The van der Waals surface area contributed by atoms with Crippen LogP contribution in [0, 0.1) is 0 Å². The third-order valence-corrected chi connectivity index (χ3v) is 8.44. The van der Waals surface area contributed by atoms with Crippen LogP contribution in [0.2, 0.25) is 0 Å². The summed E-state index contributed by atoms with van der Waals surface area (Å²) in [5.74, 6) is -43.7. The van der Waals surface area contributed by atoms with E-state index >= 15 is 0 Å². The standard InChI is InChI=1S/C24H32F12N2O4/c1-17(9-5-3-6-10-17)37(15(39)40)13-19(25,26)21(29,30)23(33,34)24(35,36)22(31,32)20(27,28)14-38(16(41)42)18(2)11-7-4-8-12-18/h3-14H2,1-2H3,(H,39,40)(H,41,42). The van der Waals surface area contributed by atoms with Crippen molar-refractivity contribution in [3.8, 4) is 0 Å². The van der Waals surface area contributed by atoms with Crippen LogP contribution in [0.1, 0.15) is 78.1 Å². The first-order valence-electron chi connectivity index (χ1n) is 13.0. The summed E-state index contributed by atoms with van der Waals surface area (Å²) in [7, 11) is 0. The molecule has 0 atom stereocenters. The summed E-state index contributed by atoms with van der Waals surface area (Å²) in [4.78, 5) is 22.4. The molecule has 0 heterocycles. The molecule has 0 unspecified atom stereocenters. The Labute approximate surface area is 233 Å². The molecule has 2 amide bonds. The summed E-state index contributed by atoms with van der Waals surface area (Å²) in [6, 6.07) is 0. The lowest BCUT2D eigenvalue weighted by atomic mass is 9.81. The Kier molecular flexibility index (Phi) is 9.68. The molecule has 0 radical (unpaired) electrons. The first-order valence-corrected chi connectivity index (χ1v) is 13.0.